The van der Waals surface area contributed by atoms with Crippen LogP contribution < -0.4 is 5.32 Å². The van der Waals surface area contributed by atoms with E-state index in [4.69, 9.17) is 9.73 Å². The third-order valence-electron chi connectivity index (χ3n) is 6.73. The van der Waals surface area contributed by atoms with Gasteiger partial charge in [-0.25, -0.2) is 13.8 Å². The van der Waals surface area contributed by atoms with Crippen LogP contribution >= 0.6 is 11.3 Å². The van der Waals surface area contributed by atoms with E-state index in [9.17, 15) is 18.7 Å². The molecule has 0 bridgehead atoms. The summed E-state index contributed by atoms with van der Waals surface area (Å²) in [5, 5.41) is 13.5. The molecule has 35 heavy (non-hydrogen) atoms. The number of hydrogen-bond donors (Lipinski definition) is 2. The van der Waals surface area contributed by atoms with Crippen molar-refractivity contribution in [3.05, 3.63) is 69.1 Å². The number of aliphatic hydroxyl groups is 1. The Kier molecular flexibility index (Phi) is 5.35. The van der Waals surface area contributed by atoms with Gasteiger partial charge >= 0.3 is 0 Å². The lowest BCUT2D eigenvalue weighted by Crippen LogP contribution is -2.33. The number of carbonyl (C=O) groups is 1. The van der Waals surface area contributed by atoms with E-state index >= 15 is 0 Å². The molecule has 1 aromatic carbocycles. The molecule has 4 heterocycles. The zero-order valence-electron chi connectivity index (χ0n) is 19.1. The van der Waals surface area contributed by atoms with Crippen LogP contribution in [0.4, 0.5) is 8.78 Å². The van der Waals surface area contributed by atoms with Gasteiger partial charge in [0.1, 0.15) is 34.2 Å². The number of halogens is 2. The first-order valence-electron chi connectivity index (χ1n) is 11.7. The summed E-state index contributed by atoms with van der Waals surface area (Å²) in [4.78, 5) is 23.2. The predicted octanol–water partition coefficient (Wildman–Crippen LogP) is 3.84. The molecule has 1 amide bonds. The topological polar surface area (TPSA) is 88.7 Å². The monoisotopic (exact) mass is 498 g/mol. The second-order valence-electron chi connectivity index (χ2n) is 9.35. The number of carbonyl (C=O) groups excluding carboxylic acids is 1. The van der Waals surface area contributed by atoms with Crippen molar-refractivity contribution in [2.45, 2.75) is 50.9 Å². The Morgan fingerprint density at radius 1 is 1.31 bits per heavy atom. The van der Waals surface area contributed by atoms with Gasteiger partial charge in [-0.3, -0.25) is 14.4 Å². The van der Waals surface area contributed by atoms with Crippen molar-refractivity contribution in [1.29, 1.82) is 0 Å². The fraction of sp³-hybridized carbons (Fsp3) is 0.400. The maximum atomic E-state index is 15.0. The largest absolute Gasteiger partial charge is 0.388 e. The van der Waals surface area contributed by atoms with Gasteiger partial charge in [-0.15, -0.1) is 11.3 Å². The van der Waals surface area contributed by atoms with Crippen LogP contribution in [0.3, 0.4) is 0 Å². The number of nitrogens with one attached hydrogen (secondary N) is 1. The van der Waals surface area contributed by atoms with Gasteiger partial charge in [-0.2, -0.15) is 0 Å². The van der Waals surface area contributed by atoms with Gasteiger partial charge in [0, 0.05) is 35.4 Å². The number of rotatable bonds is 4. The minimum absolute atomic E-state index is 0.174. The van der Waals surface area contributed by atoms with E-state index in [1.165, 1.54) is 29.5 Å². The molecule has 0 radical (unpaired) electrons. The van der Waals surface area contributed by atoms with Crippen LogP contribution in [-0.4, -0.2) is 45.0 Å². The quantitative estimate of drug-likeness (QED) is 0.572. The first-order chi connectivity index (χ1) is 16.8. The molecule has 3 aromatic rings. The number of nitrogens with zero attached hydrogens (tertiary/aromatic N) is 3. The summed E-state index contributed by atoms with van der Waals surface area (Å²) < 4.78 is 37.6. The molecule has 2 aliphatic heterocycles. The molecule has 2 N–H and O–H groups in total. The molecule has 10 heteroatoms. The second-order valence-corrected chi connectivity index (χ2v) is 10.4. The molecule has 2 aromatic heterocycles. The number of aryl methyl sites for hydroxylation is 1. The number of aromatic nitrogens is 2. The van der Waals surface area contributed by atoms with Gasteiger partial charge in [0.05, 0.1) is 23.5 Å². The predicted molar refractivity (Wildman–Crippen MR) is 126 cm³/mol. The number of hydrogen-bond acceptors (Lipinski definition) is 6. The summed E-state index contributed by atoms with van der Waals surface area (Å²) in [6.45, 7) is 2.90. The fourth-order valence-electron chi connectivity index (χ4n) is 4.62. The minimum atomic E-state index is -0.818. The van der Waals surface area contributed by atoms with Crippen LogP contribution in [0, 0.1) is 11.6 Å². The number of amides is 1. The van der Waals surface area contributed by atoms with Crippen LogP contribution in [-0.2, 0) is 17.8 Å². The van der Waals surface area contributed by atoms with Gasteiger partial charge in [0.2, 0.25) is 0 Å². The van der Waals surface area contributed by atoms with E-state index in [2.05, 4.69) is 10.3 Å². The molecule has 0 spiro atoms. The van der Waals surface area contributed by atoms with Crippen molar-refractivity contribution >= 4 is 23.0 Å². The van der Waals surface area contributed by atoms with Gasteiger partial charge in [-0.1, -0.05) is 6.07 Å². The maximum absolute atomic E-state index is 15.0. The molecule has 6 rings (SSSR count). The summed E-state index contributed by atoms with van der Waals surface area (Å²) in [5.41, 5.74) is 0.946. The van der Waals surface area contributed by atoms with E-state index in [-0.39, 0.29) is 29.4 Å². The molecule has 1 fully saturated rings. The number of ether oxygens (including phenoxy) is 1. The molecule has 0 saturated heterocycles. The first-order valence-corrected chi connectivity index (χ1v) is 12.5. The maximum Gasteiger partial charge on any atom is 0.271 e. The lowest BCUT2D eigenvalue weighted by molar-refractivity contribution is 0.0891. The van der Waals surface area contributed by atoms with Crippen LogP contribution in [0.2, 0.25) is 0 Å². The van der Waals surface area contributed by atoms with Gasteiger partial charge in [-0.05, 0) is 44.7 Å². The number of aliphatic imine (C=N–C) groups is 1. The lowest BCUT2D eigenvalue weighted by Gasteiger charge is -2.12. The molecule has 3 aliphatic rings. The van der Waals surface area contributed by atoms with Crippen molar-refractivity contribution in [2.75, 3.05) is 13.2 Å². The van der Waals surface area contributed by atoms with Crippen molar-refractivity contribution in [1.82, 2.24) is 14.9 Å². The molecule has 1 atom stereocenters. The zero-order chi connectivity index (χ0) is 24.3. The second kappa shape index (κ2) is 8.32. The highest BCUT2D eigenvalue weighted by Gasteiger charge is 2.41. The van der Waals surface area contributed by atoms with E-state index < -0.39 is 23.3 Å². The molecule has 182 valence electrons. The average molecular weight is 499 g/mol. The lowest BCUT2D eigenvalue weighted by atomic mass is 9.97. The highest BCUT2D eigenvalue weighted by molar-refractivity contribution is 7.15. The summed E-state index contributed by atoms with van der Waals surface area (Å²) in [5.74, 6) is -1.25. The number of benzene rings is 1. The Bertz CT molecular complexity index is 1350. The van der Waals surface area contributed by atoms with Gasteiger partial charge < -0.3 is 15.2 Å². The third-order valence-corrected chi connectivity index (χ3v) is 8.02. The molecule has 1 aliphatic carbocycles. The normalized spacial score (nSPS) is 20.1. The zero-order valence-corrected chi connectivity index (χ0v) is 19.9. The number of imidazole rings is 1. The van der Waals surface area contributed by atoms with E-state index in [0.29, 0.717) is 42.4 Å². The SMILES string of the molecule is C[C@@H]1N=C(c2c(F)cccc2F)c2c(sc3c2COCCC3)-n2cc(C(=O)NCC3(O)CC3)nc21. The van der Waals surface area contributed by atoms with Crippen molar-refractivity contribution < 1.29 is 23.4 Å². The number of fused-ring (bicyclic) bond motifs is 5. The van der Waals surface area contributed by atoms with E-state index in [1.807, 2.05) is 4.57 Å². The summed E-state index contributed by atoms with van der Waals surface area (Å²) in [7, 11) is 0. The van der Waals surface area contributed by atoms with Crippen molar-refractivity contribution in [3.8, 4) is 5.00 Å². The fourth-order valence-corrected chi connectivity index (χ4v) is 5.95. The van der Waals surface area contributed by atoms with Crippen molar-refractivity contribution in [3.63, 3.8) is 0 Å². The Morgan fingerprint density at radius 3 is 2.83 bits per heavy atom. The third kappa shape index (κ3) is 3.89. The van der Waals surface area contributed by atoms with Crippen molar-refractivity contribution in [2.24, 2.45) is 4.99 Å². The van der Waals surface area contributed by atoms with Gasteiger partial charge in [0.25, 0.3) is 5.91 Å². The molecule has 1 saturated carbocycles. The smallest absolute Gasteiger partial charge is 0.271 e. The van der Waals surface area contributed by atoms with Crippen LogP contribution in [0.25, 0.3) is 5.00 Å². The van der Waals surface area contributed by atoms with E-state index in [1.54, 1.807) is 13.1 Å². The average Bonchev–Trinajstić information content (AvgIpc) is 3.36. The standard InChI is InChI=1S/C25H24F2N4O3S/c1-13-22-30-17(23(32)28-12-25(33)7-8-25)10-31(22)24-19(14-11-34-9-3-6-18(14)35-24)21(29-13)20-15(26)4-2-5-16(20)27/h2,4-5,10,13,33H,3,6-9,11-12H2,1H3,(H,28,32)/t13-/m0/s1. The highest BCUT2D eigenvalue weighted by Crippen LogP contribution is 2.41. The Hall–Kier alpha value is -2.95. The van der Waals surface area contributed by atoms with Gasteiger partial charge in [0.15, 0.2) is 0 Å². The van der Waals surface area contributed by atoms with E-state index in [0.717, 1.165) is 23.3 Å². The highest BCUT2D eigenvalue weighted by atomic mass is 32.1. The molecule has 7 nitrogen and oxygen atoms in total. The van der Waals surface area contributed by atoms with Crippen LogP contribution in [0.1, 0.15) is 70.1 Å². The molecular weight excluding hydrogens is 474 g/mol. The summed E-state index contributed by atoms with van der Waals surface area (Å²) >= 11 is 1.52. The summed E-state index contributed by atoms with van der Waals surface area (Å²) in [6, 6.07) is 3.22. The Morgan fingerprint density at radius 2 is 2.09 bits per heavy atom. The number of thiophene rings is 1. The Labute approximate surface area is 204 Å². The summed E-state index contributed by atoms with van der Waals surface area (Å²) in [6.07, 6.45) is 4.60. The van der Waals surface area contributed by atoms with Crippen LogP contribution in [0.15, 0.2) is 29.4 Å². The Balaban J connectivity index is 1.50. The van der Waals surface area contributed by atoms with Crippen LogP contribution in [0.5, 0.6) is 0 Å². The molecule has 0 unspecified atom stereocenters. The first kappa shape index (κ1) is 22.5. The minimum Gasteiger partial charge on any atom is -0.388 e. The molecular formula is C25H24F2N4O3S.